The Labute approximate surface area is 193 Å². The van der Waals surface area contributed by atoms with E-state index >= 15 is 0 Å². The van der Waals surface area contributed by atoms with Crippen molar-refractivity contribution < 1.29 is 14.1 Å². The highest BCUT2D eigenvalue weighted by atomic mass is 16.5. The fraction of sp³-hybridized carbons (Fsp3) is 0.440. The third-order valence-corrected chi connectivity index (χ3v) is 6.52. The molecule has 1 aliphatic rings. The molecule has 1 aromatic carbocycles. The molecule has 0 radical (unpaired) electrons. The predicted octanol–water partition coefficient (Wildman–Crippen LogP) is 4.06. The molecule has 2 heterocycles. The smallest absolute Gasteiger partial charge is 0.254 e. The van der Waals surface area contributed by atoms with Gasteiger partial charge in [-0.2, -0.15) is 5.10 Å². The molecule has 2 aromatic heterocycles. The van der Waals surface area contributed by atoms with E-state index in [1.807, 2.05) is 51.1 Å². The highest BCUT2D eigenvalue weighted by Gasteiger charge is 2.38. The molecule has 0 spiro atoms. The van der Waals surface area contributed by atoms with Crippen molar-refractivity contribution in [3.05, 3.63) is 52.9 Å². The number of ketones is 1. The Kier molecular flexibility index (Phi) is 5.86. The largest absolute Gasteiger partial charge is 0.383 e. The van der Waals surface area contributed by atoms with E-state index < -0.39 is 5.91 Å². The van der Waals surface area contributed by atoms with Gasteiger partial charge in [0.15, 0.2) is 0 Å². The maximum Gasteiger partial charge on any atom is 0.254 e. The second kappa shape index (κ2) is 8.50. The molecule has 33 heavy (non-hydrogen) atoms. The Hall–Kier alpha value is -3.42. The van der Waals surface area contributed by atoms with Crippen LogP contribution in [0.1, 0.15) is 79.9 Å². The molecule has 8 heteroatoms. The number of hydrogen-bond donors (Lipinski definition) is 2. The molecule has 1 amide bonds. The van der Waals surface area contributed by atoms with Gasteiger partial charge in [0.05, 0.1) is 12.1 Å². The van der Waals surface area contributed by atoms with Crippen LogP contribution in [0.15, 0.2) is 34.9 Å². The van der Waals surface area contributed by atoms with Gasteiger partial charge >= 0.3 is 0 Å². The number of hydrogen-bond acceptors (Lipinski definition) is 6. The van der Waals surface area contributed by atoms with Gasteiger partial charge in [-0.25, -0.2) is 4.68 Å². The number of benzene rings is 1. The fourth-order valence-electron chi connectivity index (χ4n) is 4.08. The minimum absolute atomic E-state index is 0.0162. The molecular weight excluding hydrogens is 418 g/mol. The van der Waals surface area contributed by atoms with Gasteiger partial charge in [0, 0.05) is 23.6 Å². The standard InChI is InChI=1S/C25H31N5O3/c1-14(2)30-23(26)21(24(27)32)22(28-30)17-7-5-16(6-8-17)15(3)20(31)12-19-11-18(29-33-19)13-25(4)9-10-25/h5-8,11,14-15H,9-10,12-13,26H2,1-4H3,(H2,27,32). The van der Waals surface area contributed by atoms with Crippen LogP contribution in [0, 0.1) is 5.41 Å². The van der Waals surface area contributed by atoms with Crippen LogP contribution in [0.3, 0.4) is 0 Å². The molecule has 4 N–H and O–H groups in total. The lowest BCUT2D eigenvalue weighted by atomic mass is 9.92. The molecule has 1 aliphatic carbocycles. The van der Waals surface area contributed by atoms with Crippen molar-refractivity contribution in [3.8, 4) is 11.3 Å². The summed E-state index contributed by atoms with van der Waals surface area (Å²) in [6, 6.07) is 9.29. The molecule has 3 aromatic rings. The topological polar surface area (TPSA) is 130 Å². The molecule has 0 saturated heterocycles. The van der Waals surface area contributed by atoms with E-state index in [1.54, 1.807) is 4.68 Å². The Morgan fingerprint density at radius 2 is 1.85 bits per heavy atom. The van der Waals surface area contributed by atoms with Crippen molar-refractivity contribution in [1.82, 2.24) is 14.9 Å². The second-order valence-corrected chi connectivity index (χ2v) is 9.77. The molecule has 4 rings (SSSR count). The third kappa shape index (κ3) is 4.69. The summed E-state index contributed by atoms with van der Waals surface area (Å²) in [4.78, 5) is 24.9. The first kappa shape index (κ1) is 22.8. The zero-order valence-corrected chi connectivity index (χ0v) is 19.6. The average molecular weight is 450 g/mol. The molecule has 1 atom stereocenters. The number of Topliss-reactive ketones (excluding diaryl/α,β-unsaturated/α-hetero) is 1. The number of aromatic nitrogens is 3. The fourth-order valence-corrected chi connectivity index (χ4v) is 4.08. The molecule has 8 nitrogen and oxygen atoms in total. The van der Waals surface area contributed by atoms with Crippen molar-refractivity contribution >= 4 is 17.5 Å². The van der Waals surface area contributed by atoms with Crippen LogP contribution in [0.5, 0.6) is 0 Å². The van der Waals surface area contributed by atoms with Crippen LogP contribution in [-0.4, -0.2) is 26.6 Å². The summed E-state index contributed by atoms with van der Waals surface area (Å²) < 4.78 is 6.99. The van der Waals surface area contributed by atoms with Gasteiger partial charge in [-0.05, 0) is 44.1 Å². The average Bonchev–Trinajstić information content (AvgIpc) is 3.16. The maximum atomic E-state index is 12.9. The number of nitrogens with two attached hydrogens (primary N) is 2. The van der Waals surface area contributed by atoms with Gasteiger partial charge in [-0.1, -0.05) is 43.3 Å². The summed E-state index contributed by atoms with van der Waals surface area (Å²) in [5.74, 6) is -0.0356. The van der Waals surface area contributed by atoms with Crippen molar-refractivity contribution in [2.24, 2.45) is 11.1 Å². The van der Waals surface area contributed by atoms with Crippen LogP contribution in [-0.2, 0) is 17.6 Å². The summed E-state index contributed by atoms with van der Waals surface area (Å²) in [5, 5.41) is 8.63. The SMILES string of the molecule is CC(C(=O)Cc1cc(CC2(C)CC2)no1)c1ccc(-c2nn(C(C)C)c(N)c2C(N)=O)cc1. The number of anilines is 1. The molecule has 0 aliphatic heterocycles. The van der Waals surface area contributed by atoms with Crippen molar-refractivity contribution in [2.45, 2.75) is 65.3 Å². The lowest BCUT2D eigenvalue weighted by Crippen LogP contribution is -2.15. The summed E-state index contributed by atoms with van der Waals surface area (Å²) in [5.41, 5.74) is 15.2. The molecule has 1 unspecified atom stereocenters. The Bertz CT molecular complexity index is 1190. The molecule has 1 saturated carbocycles. The number of rotatable bonds is 9. The molecule has 0 bridgehead atoms. The van der Waals surface area contributed by atoms with Crippen LogP contribution in [0.2, 0.25) is 0 Å². The Morgan fingerprint density at radius 1 is 1.18 bits per heavy atom. The Balaban J connectivity index is 1.48. The van der Waals surface area contributed by atoms with Crippen molar-refractivity contribution in [1.29, 1.82) is 0 Å². The van der Waals surface area contributed by atoms with Crippen LogP contribution < -0.4 is 11.5 Å². The van der Waals surface area contributed by atoms with E-state index in [-0.39, 0.29) is 35.5 Å². The number of nitrogen functional groups attached to an aromatic ring is 1. The minimum Gasteiger partial charge on any atom is -0.383 e. The Morgan fingerprint density at radius 3 is 2.42 bits per heavy atom. The van der Waals surface area contributed by atoms with Crippen molar-refractivity contribution in [2.75, 3.05) is 5.73 Å². The van der Waals surface area contributed by atoms with Gasteiger partial charge in [0.1, 0.15) is 28.6 Å². The van der Waals surface area contributed by atoms with E-state index in [4.69, 9.17) is 16.0 Å². The van der Waals surface area contributed by atoms with E-state index in [2.05, 4.69) is 17.2 Å². The van der Waals surface area contributed by atoms with Crippen LogP contribution in [0.25, 0.3) is 11.3 Å². The molecule has 174 valence electrons. The zero-order valence-electron chi connectivity index (χ0n) is 19.6. The highest BCUT2D eigenvalue weighted by Crippen LogP contribution is 2.47. The van der Waals surface area contributed by atoms with Gasteiger partial charge in [-0.15, -0.1) is 0 Å². The second-order valence-electron chi connectivity index (χ2n) is 9.77. The summed E-state index contributed by atoms with van der Waals surface area (Å²) in [6.45, 7) is 7.97. The third-order valence-electron chi connectivity index (χ3n) is 6.52. The van der Waals surface area contributed by atoms with Gasteiger partial charge in [-0.3, -0.25) is 9.59 Å². The lowest BCUT2D eigenvalue weighted by molar-refractivity contribution is -0.119. The number of carbonyl (C=O) groups excluding carboxylic acids is 2. The highest BCUT2D eigenvalue weighted by molar-refractivity contribution is 6.03. The first-order chi connectivity index (χ1) is 15.6. The number of carbonyl (C=O) groups is 2. The minimum atomic E-state index is -0.621. The monoisotopic (exact) mass is 449 g/mol. The van der Waals surface area contributed by atoms with E-state index in [1.165, 1.54) is 12.8 Å². The van der Waals surface area contributed by atoms with Crippen molar-refractivity contribution in [3.63, 3.8) is 0 Å². The number of amides is 1. The van der Waals surface area contributed by atoms with E-state index in [0.29, 0.717) is 22.4 Å². The van der Waals surface area contributed by atoms with Crippen LogP contribution in [0.4, 0.5) is 5.82 Å². The van der Waals surface area contributed by atoms with Gasteiger partial charge in [0.2, 0.25) is 0 Å². The quantitative estimate of drug-likeness (QED) is 0.507. The first-order valence-electron chi connectivity index (χ1n) is 11.3. The summed E-state index contributed by atoms with van der Waals surface area (Å²) in [7, 11) is 0. The number of nitrogens with zero attached hydrogens (tertiary/aromatic N) is 3. The van der Waals surface area contributed by atoms with E-state index in [9.17, 15) is 9.59 Å². The molecule has 1 fully saturated rings. The zero-order chi connectivity index (χ0) is 23.9. The van der Waals surface area contributed by atoms with Crippen LogP contribution >= 0.6 is 0 Å². The number of primary amides is 1. The first-order valence-corrected chi connectivity index (χ1v) is 11.3. The van der Waals surface area contributed by atoms with E-state index in [0.717, 1.165) is 17.7 Å². The summed E-state index contributed by atoms with van der Waals surface area (Å²) in [6.07, 6.45) is 3.53. The normalized spacial score (nSPS) is 15.5. The van der Waals surface area contributed by atoms with Gasteiger partial charge < -0.3 is 16.0 Å². The lowest BCUT2D eigenvalue weighted by Gasteiger charge is -2.11. The molecular formula is C25H31N5O3. The predicted molar refractivity (Wildman–Crippen MR) is 126 cm³/mol. The summed E-state index contributed by atoms with van der Waals surface area (Å²) >= 11 is 0. The maximum absolute atomic E-state index is 12.9. The van der Waals surface area contributed by atoms with Gasteiger partial charge in [0.25, 0.3) is 5.91 Å².